The third kappa shape index (κ3) is 4.26. The summed E-state index contributed by atoms with van der Waals surface area (Å²) in [6, 6.07) is 8.43. The number of hydrogen-bond acceptors (Lipinski definition) is 4. The molecule has 6 heteroatoms. The molecule has 19 heavy (non-hydrogen) atoms. The number of carbonyl (C=O) groups is 2. The Hall–Kier alpha value is -2.08. The van der Waals surface area contributed by atoms with Crippen LogP contribution in [0.4, 0.5) is 10.5 Å². The molecule has 0 heterocycles. The van der Waals surface area contributed by atoms with Gasteiger partial charge in [-0.05, 0) is 19.1 Å². The summed E-state index contributed by atoms with van der Waals surface area (Å²) in [7, 11) is 2.86. The van der Waals surface area contributed by atoms with Gasteiger partial charge in [-0.2, -0.15) is 0 Å². The zero-order valence-electron chi connectivity index (χ0n) is 11.3. The van der Waals surface area contributed by atoms with Crippen molar-refractivity contribution in [1.29, 1.82) is 0 Å². The van der Waals surface area contributed by atoms with E-state index in [2.05, 4.69) is 0 Å². The van der Waals surface area contributed by atoms with E-state index >= 15 is 0 Å². The Labute approximate surface area is 112 Å². The number of anilines is 1. The minimum atomic E-state index is -0.468. The molecule has 0 aliphatic carbocycles. The third-order valence-electron chi connectivity index (χ3n) is 2.43. The number of rotatable bonds is 5. The molecule has 0 bridgehead atoms. The van der Waals surface area contributed by atoms with Crippen molar-refractivity contribution >= 4 is 17.7 Å². The van der Waals surface area contributed by atoms with Gasteiger partial charge in [0.2, 0.25) is 0 Å². The molecule has 0 saturated carbocycles. The van der Waals surface area contributed by atoms with Crippen LogP contribution in [-0.2, 0) is 14.4 Å². The zero-order chi connectivity index (χ0) is 14.3. The van der Waals surface area contributed by atoms with Gasteiger partial charge in [-0.1, -0.05) is 18.2 Å². The van der Waals surface area contributed by atoms with Crippen LogP contribution in [0.15, 0.2) is 30.3 Å². The molecule has 0 aromatic heterocycles. The van der Waals surface area contributed by atoms with Gasteiger partial charge in [0, 0.05) is 12.7 Å². The fourth-order valence-electron chi connectivity index (χ4n) is 1.46. The number of nitrogens with zero attached hydrogens (tertiary/aromatic N) is 2. The second-order valence-electron chi connectivity index (χ2n) is 3.69. The van der Waals surface area contributed by atoms with E-state index in [-0.39, 0.29) is 13.2 Å². The lowest BCUT2D eigenvalue weighted by Crippen LogP contribution is -2.43. The van der Waals surface area contributed by atoms with Crippen LogP contribution in [0.5, 0.6) is 0 Å². The zero-order valence-corrected chi connectivity index (χ0v) is 11.3. The summed E-state index contributed by atoms with van der Waals surface area (Å²) in [5.41, 5.74) is 0.601. The summed E-state index contributed by atoms with van der Waals surface area (Å²) >= 11 is 0. The Morgan fingerprint density at radius 1 is 1.21 bits per heavy atom. The molecule has 1 rings (SSSR count). The lowest BCUT2D eigenvalue weighted by Gasteiger charge is -2.25. The Kier molecular flexibility index (Phi) is 5.81. The molecular formula is C13H18N2O4. The molecule has 0 atom stereocenters. The quantitative estimate of drug-likeness (QED) is 0.601. The van der Waals surface area contributed by atoms with Crippen molar-refractivity contribution in [2.45, 2.75) is 6.92 Å². The van der Waals surface area contributed by atoms with Gasteiger partial charge >= 0.3 is 12.0 Å². The van der Waals surface area contributed by atoms with Gasteiger partial charge in [0.05, 0.1) is 13.7 Å². The maximum atomic E-state index is 12.1. The molecule has 0 spiro atoms. The van der Waals surface area contributed by atoms with E-state index in [0.717, 1.165) is 5.06 Å². The predicted octanol–water partition coefficient (Wildman–Crippen LogP) is 1.67. The normalized spacial score (nSPS) is 9.84. The highest BCUT2D eigenvalue weighted by atomic mass is 16.7. The van der Waals surface area contributed by atoms with E-state index in [1.165, 1.54) is 19.1 Å². The van der Waals surface area contributed by atoms with Gasteiger partial charge in [0.1, 0.15) is 6.54 Å². The van der Waals surface area contributed by atoms with Crippen LogP contribution in [0.3, 0.4) is 0 Å². The highest BCUT2D eigenvalue weighted by Crippen LogP contribution is 2.15. The molecule has 0 saturated heterocycles. The van der Waals surface area contributed by atoms with Gasteiger partial charge in [-0.15, -0.1) is 0 Å². The summed E-state index contributed by atoms with van der Waals surface area (Å²) in [4.78, 5) is 29.8. The number of carbonyl (C=O) groups excluding carboxylic acids is 2. The summed E-state index contributed by atoms with van der Waals surface area (Å²) in [5, 5.41) is 1.05. The Balaban J connectivity index is 2.91. The molecule has 104 valence electrons. The minimum absolute atomic E-state index is 0.162. The lowest BCUT2D eigenvalue weighted by molar-refractivity contribution is -0.141. The van der Waals surface area contributed by atoms with Gasteiger partial charge in [0.15, 0.2) is 0 Å². The molecule has 6 nitrogen and oxygen atoms in total. The maximum absolute atomic E-state index is 12.1. The number of benzene rings is 1. The first kappa shape index (κ1) is 15.0. The van der Waals surface area contributed by atoms with Crippen molar-refractivity contribution in [2.75, 3.05) is 32.2 Å². The highest BCUT2D eigenvalue weighted by Gasteiger charge is 2.23. The Bertz CT molecular complexity index is 422. The average molecular weight is 266 g/mol. The van der Waals surface area contributed by atoms with Crippen molar-refractivity contribution in [3.63, 3.8) is 0 Å². The molecule has 1 aromatic rings. The first-order valence-electron chi connectivity index (χ1n) is 5.90. The monoisotopic (exact) mass is 266 g/mol. The number of urea groups is 1. The molecule has 0 aliphatic heterocycles. The summed E-state index contributed by atoms with van der Waals surface area (Å²) in [6.45, 7) is 1.83. The second-order valence-corrected chi connectivity index (χ2v) is 3.69. The fourth-order valence-corrected chi connectivity index (χ4v) is 1.46. The van der Waals surface area contributed by atoms with Gasteiger partial charge in [0.25, 0.3) is 0 Å². The fraction of sp³-hybridized carbons (Fsp3) is 0.385. The molecule has 2 amide bonds. The highest BCUT2D eigenvalue weighted by molar-refractivity contribution is 5.95. The number of para-hydroxylation sites is 1. The average Bonchev–Trinajstić information content (AvgIpc) is 2.44. The van der Waals surface area contributed by atoms with E-state index in [1.54, 1.807) is 31.2 Å². The minimum Gasteiger partial charge on any atom is -0.465 e. The standard InChI is InChI=1S/C13H18N2O4/c1-4-19-12(16)10-15(13(17)14(2)18-3)11-8-6-5-7-9-11/h5-9H,4,10H2,1-3H3. The van der Waals surface area contributed by atoms with Crippen LogP contribution in [-0.4, -0.2) is 44.4 Å². The second kappa shape index (κ2) is 7.38. The number of ether oxygens (including phenoxy) is 1. The van der Waals surface area contributed by atoms with Gasteiger partial charge in [-0.3, -0.25) is 14.5 Å². The molecule has 0 N–H and O–H groups in total. The maximum Gasteiger partial charge on any atom is 0.348 e. The van der Waals surface area contributed by atoms with Crippen molar-refractivity contribution < 1.29 is 19.2 Å². The van der Waals surface area contributed by atoms with Crippen molar-refractivity contribution in [3.05, 3.63) is 30.3 Å². The van der Waals surface area contributed by atoms with Crippen LogP contribution >= 0.6 is 0 Å². The van der Waals surface area contributed by atoms with E-state index in [1.807, 2.05) is 6.07 Å². The van der Waals surface area contributed by atoms with E-state index in [9.17, 15) is 9.59 Å². The molecular weight excluding hydrogens is 248 g/mol. The van der Waals surface area contributed by atoms with Crippen LogP contribution < -0.4 is 4.90 Å². The molecule has 1 aromatic carbocycles. The number of esters is 1. The Morgan fingerprint density at radius 3 is 2.37 bits per heavy atom. The van der Waals surface area contributed by atoms with E-state index in [0.29, 0.717) is 5.69 Å². The molecule has 0 radical (unpaired) electrons. The third-order valence-corrected chi connectivity index (χ3v) is 2.43. The number of amides is 2. The first-order chi connectivity index (χ1) is 9.10. The van der Waals surface area contributed by atoms with E-state index in [4.69, 9.17) is 9.57 Å². The predicted molar refractivity (Wildman–Crippen MR) is 70.6 cm³/mol. The lowest BCUT2D eigenvalue weighted by atomic mass is 10.3. The summed E-state index contributed by atoms with van der Waals surface area (Å²) in [5.74, 6) is -0.468. The van der Waals surface area contributed by atoms with Crippen molar-refractivity contribution in [1.82, 2.24) is 5.06 Å². The summed E-state index contributed by atoms with van der Waals surface area (Å²) < 4.78 is 4.87. The van der Waals surface area contributed by atoms with Gasteiger partial charge in [-0.25, -0.2) is 9.86 Å². The number of hydroxylamine groups is 2. The summed E-state index contributed by atoms with van der Waals surface area (Å²) in [6.07, 6.45) is 0. The Morgan fingerprint density at radius 2 is 1.84 bits per heavy atom. The van der Waals surface area contributed by atoms with Crippen molar-refractivity contribution in [2.24, 2.45) is 0 Å². The molecule has 0 unspecified atom stereocenters. The van der Waals surface area contributed by atoms with Gasteiger partial charge < -0.3 is 4.74 Å². The van der Waals surface area contributed by atoms with Crippen LogP contribution in [0.2, 0.25) is 0 Å². The number of hydrogen-bond donors (Lipinski definition) is 0. The van der Waals surface area contributed by atoms with Crippen LogP contribution in [0.25, 0.3) is 0 Å². The van der Waals surface area contributed by atoms with Crippen LogP contribution in [0, 0.1) is 0 Å². The first-order valence-corrected chi connectivity index (χ1v) is 5.90. The smallest absolute Gasteiger partial charge is 0.348 e. The SMILES string of the molecule is CCOC(=O)CN(C(=O)N(C)OC)c1ccccc1. The van der Waals surface area contributed by atoms with Crippen molar-refractivity contribution in [3.8, 4) is 0 Å². The molecule has 0 aliphatic rings. The van der Waals surface area contributed by atoms with Crippen LogP contribution in [0.1, 0.15) is 6.92 Å². The topological polar surface area (TPSA) is 59.1 Å². The largest absolute Gasteiger partial charge is 0.465 e. The molecule has 0 fully saturated rings. The van der Waals surface area contributed by atoms with E-state index < -0.39 is 12.0 Å².